The van der Waals surface area contributed by atoms with Crippen molar-refractivity contribution in [1.29, 1.82) is 5.26 Å². The molecule has 0 unspecified atom stereocenters. The van der Waals surface area contributed by atoms with Gasteiger partial charge in [0.05, 0.1) is 11.6 Å². The zero-order chi connectivity index (χ0) is 38.6. The molecule has 9 aromatic carbocycles. The van der Waals surface area contributed by atoms with Gasteiger partial charge in [0.2, 0.25) is 0 Å². The number of nitrogens with zero attached hydrogens (tertiary/aromatic N) is 4. The molecule has 4 heteroatoms. The molecule has 0 bridgehead atoms. The summed E-state index contributed by atoms with van der Waals surface area (Å²) in [7, 11) is 0. The van der Waals surface area contributed by atoms with Gasteiger partial charge in [0.25, 0.3) is 0 Å². The molecule has 1 heterocycles. The Labute approximate surface area is 336 Å². The fourth-order valence-electron chi connectivity index (χ4n) is 8.64. The van der Waals surface area contributed by atoms with Crippen molar-refractivity contribution in [2.75, 3.05) is 0 Å². The number of hydrogen-bond donors (Lipinski definition) is 0. The van der Waals surface area contributed by atoms with E-state index in [2.05, 4.69) is 127 Å². The summed E-state index contributed by atoms with van der Waals surface area (Å²) in [6.45, 7) is 0. The smallest absolute Gasteiger partial charge is 0.164 e. The molecular formula is C54H32N4. The van der Waals surface area contributed by atoms with Crippen molar-refractivity contribution in [3.8, 4) is 95.9 Å². The summed E-state index contributed by atoms with van der Waals surface area (Å²) in [6.07, 6.45) is 0. The predicted molar refractivity (Wildman–Crippen MR) is 237 cm³/mol. The van der Waals surface area contributed by atoms with Crippen LogP contribution in [-0.2, 0) is 0 Å². The molecule has 1 aliphatic rings. The second-order valence-corrected chi connectivity index (χ2v) is 14.6. The molecule has 11 rings (SSSR count). The SMILES string of the molecule is N#Cc1ccc(-c2ccc3c4c(ccc(-c5ccc(-c6cccc(-c7nc(-c8ccccc8)nc(-c8ccccc8)n7)c6)c6ccccc56)c24)-c2ccccc2-3)cc1. The Morgan fingerprint density at radius 2 is 0.724 bits per heavy atom. The third-order valence-electron chi connectivity index (χ3n) is 11.3. The standard InChI is InChI=1S/C54H32N4/c55-33-34-22-24-35(25-23-34)41-27-29-47-44-20-9-10-21-45(44)48-30-31-49(50(41)51(47)48)46-28-26-40(42-18-7-8-19-43(42)46)38-16-11-17-39(32-38)54-57-52(36-12-3-1-4-13-36)56-53(58-54)37-14-5-2-6-15-37/h1-32H. The fraction of sp³-hybridized carbons (Fsp3) is 0. The second kappa shape index (κ2) is 13.6. The van der Waals surface area contributed by atoms with E-state index in [1.807, 2.05) is 72.8 Å². The normalized spacial score (nSPS) is 11.4. The highest BCUT2D eigenvalue weighted by Gasteiger charge is 2.25. The van der Waals surface area contributed by atoms with E-state index in [4.69, 9.17) is 15.0 Å². The first-order valence-corrected chi connectivity index (χ1v) is 19.4. The highest BCUT2D eigenvalue weighted by molar-refractivity contribution is 6.24. The van der Waals surface area contributed by atoms with E-state index in [0.717, 1.165) is 44.3 Å². The van der Waals surface area contributed by atoms with Crippen LogP contribution in [0.4, 0.5) is 0 Å². The Morgan fingerprint density at radius 3 is 1.33 bits per heavy atom. The van der Waals surface area contributed by atoms with E-state index in [1.165, 1.54) is 49.5 Å². The summed E-state index contributed by atoms with van der Waals surface area (Å²) in [5, 5.41) is 14.4. The van der Waals surface area contributed by atoms with E-state index in [1.54, 1.807) is 0 Å². The molecule has 1 aliphatic carbocycles. The van der Waals surface area contributed by atoms with E-state index in [9.17, 15) is 5.26 Å². The van der Waals surface area contributed by atoms with E-state index >= 15 is 0 Å². The summed E-state index contributed by atoms with van der Waals surface area (Å²) in [4.78, 5) is 14.9. The number of aromatic nitrogens is 3. The highest BCUT2D eigenvalue weighted by Crippen LogP contribution is 2.52. The summed E-state index contributed by atoms with van der Waals surface area (Å²) in [5.74, 6) is 1.90. The molecule has 58 heavy (non-hydrogen) atoms. The summed E-state index contributed by atoms with van der Waals surface area (Å²) < 4.78 is 0. The van der Waals surface area contributed by atoms with Gasteiger partial charge < -0.3 is 0 Å². The maximum atomic E-state index is 9.57. The van der Waals surface area contributed by atoms with Crippen molar-refractivity contribution in [3.05, 3.63) is 200 Å². The van der Waals surface area contributed by atoms with Crippen LogP contribution in [-0.4, -0.2) is 15.0 Å². The molecule has 0 saturated heterocycles. The average Bonchev–Trinajstić information content (AvgIpc) is 3.64. The van der Waals surface area contributed by atoms with E-state index in [0.29, 0.717) is 23.0 Å². The molecule has 0 spiro atoms. The summed E-state index contributed by atoms with van der Waals surface area (Å²) >= 11 is 0. The van der Waals surface area contributed by atoms with Gasteiger partial charge in [0.15, 0.2) is 17.5 Å². The Kier molecular flexibility index (Phi) is 7.84. The first-order valence-electron chi connectivity index (χ1n) is 19.4. The number of benzene rings is 9. The molecule has 0 aliphatic heterocycles. The van der Waals surface area contributed by atoms with Crippen LogP contribution >= 0.6 is 0 Å². The molecule has 0 amide bonds. The minimum absolute atomic E-state index is 0.625. The van der Waals surface area contributed by atoms with Gasteiger partial charge >= 0.3 is 0 Å². The minimum atomic E-state index is 0.625. The van der Waals surface area contributed by atoms with Crippen molar-refractivity contribution in [3.63, 3.8) is 0 Å². The van der Waals surface area contributed by atoms with Crippen LogP contribution in [0.5, 0.6) is 0 Å². The number of nitriles is 1. The number of hydrogen-bond acceptors (Lipinski definition) is 4. The molecule has 0 fully saturated rings. The summed E-state index contributed by atoms with van der Waals surface area (Å²) in [5.41, 5.74) is 15.3. The molecule has 0 radical (unpaired) electrons. The van der Waals surface area contributed by atoms with Crippen LogP contribution in [0, 0.1) is 11.3 Å². The van der Waals surface area contributed by atoms with Gasteiger partial charge in [0.1, 0.15) is 0 Å². The van der Waals surface area contributed by atoms with Gasteiger partial charge in [-0.3, -0.25) is 0 Å². The van der Waals surface area contributed by atoms with Gasteiger partial charge in [-0.25, -0.2) is 15.0 Å². The monoisotopic (exact) mass is 736 g/mol. The zero-order valence-electron chi connectivity index (χ0n) is 31.3. The lowest BCUT2D eigenvalue weighted by Crippen LogP contribution is -2.00. The molecule has 268 valence electrons. The molecule has 10 aromatic rings. The van der Waals surface area contributed by atoms with E-state index < -0.39 is 0 Å². The molecule has 4 nitrogen and oxygen atoms in total. The van der Waals surface area contributed by atoms with Crippen LogP contribution in [0.15, 0.2) is 194 Å². The lowest BCUT2D eigenvalue weighted by Gasteiger charge is -2.18. The minimum Gasteiger partial charge on any atom is -0.208 e. The van der Waals surface area contributed by atoms with Crippen LogP contribution in [0.25, 0.3) is 111 Å². The number of rotatable bonds is 6. The van der Waals surface area contributed by atoms with Crippen molar-refractivity contribution in [1.82, 2.24) is 15.0 Å². The topological polar surface area (TPSA) is 62.5 Å². The van der Waals surface area contributed by atoms with Gasteiger partial charge in [-0.1, -0.05) is 176 Å². The van der Waals surface area contributed by atoms with Crippen LogP contribution in [0.3, 0.4) is 0 Å². The Hall–Kier alpha value is -8.00. The third kappa shape index (κ3) is 5.49. The predicted octanol–water partition coefficient (Wildman–Crippen LogP) is 13.7. The van der Waals surface area contributed by atoms with Crippen molar-refractivity contribution >= 4 is 21.5 Å². The van der Waals surface area contributed by atoms with Gasteiger partial charge in [-0.15, -0.1) is 0 Å². The molecular weight excluding hydrogens is 705 g/mol. The van der Waals surface area contributed by atoms with Crippen molar-refractivity contribution in [2.45, 2.75) is 0 Å². The Bertz CT molecular complexity index is 3190. The lowest BCUT2D eigenvalue weighted by molar-refractivity contribution is 1.07. The fourth-order valence-corrected chi connectivity index (χ4v) is 8.64. The largest absolute Gasteiger partial charge is 0.208 e. The zero-order valence-corrected chi connectivity index (χ0v) is 31.3. The molecule has 0 saturated carbocycles. The third-order valence-corrected chi connectivity index (χ3v) is 11.3. The van der Waals surface area contributed by atoms with Gasteiger partial charge in [-0.2, -0.15) is 5.26 Å². The molecule has 0 atom stereocenters. The van der Waals surface area contributed by atoms with Crippen LogP contribution in [0.1, 0.15) is 5.56 Å². The molecule has 1 aromatic heterocycles. The maximum Gasteiger partial charge on any atom is 0.164 e. The van der Waals surface area contributed by atoms with Crippen molar-refractivity contribution < 1.29 is 0 Å². The van der Waals surface area contributed by atoms with Crippen LogP contribution < -0.4 is 0 Å². The quantitative estimate of drug-likeness (QED) is 0.170. The van der Waals surface area contributed by atoms with Gasteiger partial charge in [0, 0.05) is 16.7 Å². The highest BCUT2D eigenvalue weighted by atomic mass is 15.0. The second-order valence-electron chi connectivity index (χ2n) is 14.6. The van der Waals surface area contributed by atoms with Crippen LogP contribution in [0.2, 0.25) is 0 Å². The Balaban J connectivity index is 1.09. The maximum absolute atomic E-state index is 9.57. The first kappa shape index (κ1) is 33.3. The van der Waals surface area contributed by atoms with E-state index in [-0.39, 0.29) is 0 Å². The van der Waals surface area contributed by atoms with Gasteiger partial charge in [-0.05, 0) is 95.4 Å². The average molecular weight is 737 g/mol. The number of fused-ring (bicyclic) bond motifs is 4. The summed E-state index contributed by atoms with van der Waals surface area (Å²) in [6, 6.07) is 70.0. The Morgan fingerprint density at radius 1 is 0.293 bits per heavy atom. The molecule has 0 N–H and O–H groups in total. The van der Waals surface area contributed by atoms with Crippen molar-refractivity contribution in [2.24, 2.45) is 0 Å². The first-order chi connectivity index (χ1) is 28.7. The lowest BCUT2D eigenvalue weighted by atomic mass is 9.85.